The smallest absolute Gasteiger partial charge is 1.00 e. The van der Waals surface area contributed by atoms with Gasteiger partial charge in [0.1, 0.15) is 0 Å². The summed E-state index contributed by atoms with van der Waals surface area (Å²) < 4.78 is 0. The number of hydrogen-bond acceptors (Lipinski definition) is 0. The Morgan fingerprint density at radius 3 is 2.35 bits per heavy atom. The van der Waals surface area contributed by atoms with Crippen LogP contribution in [-0.2, 0) is 6.42 Å². The van der Waals surface area contributed by atoms with Gasteiger partial charge in [-0.05, 0) is 13.3 Å². The predicted molar refractivity (Wildman–Crippen MR) is 70.0 cm³/mol. The van der Waals surface area contributed by atoms with E-state index in [1.807, 2.05) is 18.2 Å². The number of halogens is 2. The maximum absolute atomic E-state index is 6.09. The van der Waals surface area contributed by atoms with E-state index in [-0.39, 0.29) is 35.5 Å². The number of rotatable bonds is 2. The number of aryl methyl sites for hydroxylation is 1. The van der Waals surface area contributed by atoms with Gasteiger partial charge in [0.25, 0.3) is 0 Å². The second-order valence-electron chi connectivity index (χ2n) is 3.68. The summed E-state index contributed by atoms with van der Waals surface area (Å²) in [5, 5.41) is 0.814. The first-order chi connectivity index (χ1) is 7.25. The van der Waals surface area contributed by atoms with E-state index in [1.54, 1.807) is 0 Å². The molecule has 17 heavy (non-hydrogen) atoms. The van der Waals surface area contributed by atoms with E-state index in [9.17, 15) is 0 Å². The molecule has 0 aromatic heterocycles. The Morgan fingerprint density at radius 2 is 1.76 bits per heavy atom. The van der Waals surface area contributed by atoms with Gasteiger partial charge in [-0.2, -0.15) is 24.3 Å². The predicted octanol–water partition coefficient (Wildman–Crippen LogP) is 0.663. The molecule has 0 nitrogen and oxygen atoms in total. The van der Waals surface area contributed by atoms with Crippen molar-refractivity contribution in [1.29, 1.82) is 0 Å². The molecule has 2 rings (SSSR count). The average Bonchev–Trinajstić information content (AvgIpc) is 2.25. The van der Waals surface area contributed by atoms with Crippen molar-refractivity contribution in [3.63, 3.8) is 0 Å². The topological polar surface area (TPSA) is 0 Å². The van der Waals surface area contributed by atoms with Gasteiger partial charge in [-0.15, -0.1) is 17.2 Å². The van der Waals surface area contributed by atoms with Crippen molar-refractivity contribution in [2.24, 2.45) is 0 Å². The molecule has 0 unspecified atom stereocenters. The quantitative estimate of drug-likeness (QED) is 0.558. The summed E-state index contributed by atoms with van der Waals surface area (Å²) in [5.41, 5.74) is 3.69. The minimum Gasteiger partial charge on any atom is -1.00 e. The van der Waals surface area contributed by atoms with Crippen LogP contribution in [0, 0.1) is 13.0 Å². The summed E-state index contributed by atoms with van der Waals surface area (Å²) in [6.07, 6.45) is 0.871. The van der Waals surface area contributed by atoms with Crippen LogP contribution >= 0.6 is 11.6 Å². The van der Waals surface area contributed by atoms with Crippen molar-refractivity contribution in [1.82, 2.24) is 0 Å². The molecule has 0 N–H and O–H groups in total. The Morgan fingerprint density at radius 1 is 1.12 bits per heavy atom. The van der Waals surface area contributed by atoms with Crippen LogP contribution < -0.4 is 12.4 Å². The molecule has 0 atom stereocenters. The number of benzene rings is 2. The van der Waals surface area contributed by atoms with Crippen LogP contribution in [0.3, 0.4) is 0 Å². The molecule has 0 aliphatic heterocycles. The molecule has 0 aliphatic carbocycles. The summed E-state index contributed by atoms with van der Waals surface area (Å²) in [4.78, 5) is 0. The third kappa shape index (κ3) is 4.88. The average molecular weight is 275 g/mol. The van der Waals surface area contributed by atoms with E-state index in [2.05, 4.69) is 37.3 Å². The van der Waals surface area contributed by atoms with Gasteiger partial charge in [-0.1, -0.05) is 40.4 Å². The molecule has 2 aromatic rings. The van der Waals surface area contributed by atoms with Gasteiger partial charge in [-0.3, -0.25) is 0 Å². The maximum Gasteiger partial charge on any atom is 2.00 e. The van der Waals surface area contributed by atoms with Gasteiger partial charge in [-0.25, -0.2) is 0 Å². The third-order valence-corrected chi connectivity index (χ3v) is 2.77. The molecule has 0 spiro atoms. The molecule has 0 aliphatic rings. The largest absolute Gasteiger partial charge is 2.00 e. The summed E-state index contributed by atoms with van der Waals surface area (Å²) in [6.45, 7) is 2.09. The Bertz CT molecular complexity index is 452. The van der Waals surface area contributed by atoms with E-state index in [0.29, 0.717) is 0 Å². The van der Waals surface area contributed by atoms with E-state index in [1.165, 1.54) is 11.1 Å². The fourth-order valence-corrected chi connectivity index (χ4v) is 1.69. The van der Waals surface area contributed by atoms with Crippen LogP contribution in [-0.4, -0.2) is 23.1 Å². The van der Waals surface area contributed by atoms with Gasteiger partial charge in [0.05, 0.1) is 0 Å². The second kappa shape index (κ2) is 7.99. The SMILES string of the molecule is Cc1ccc(Cc2c[c-]ccc2Cl)cc1.[Cl-].[Mg+2]. The van der Waals surface area contributed by atoms with Crippen LogP contribution in [0.2, 0.25) is 5.02 Å². The molecule has 0 saturated carbocycles. The second-order valence-corrected chi connectivity index (χ2v) is 4.09. The minimum atomic E-state index is 0. The Kier molecular flexibility index (Phi) is 7.89. The Labute approximate surface area is 130 Å². The maximum atomic E-state index is 6.09. The summed E-state index contributed by atoms with van der Waals surface area (Å²) in [7, 11) is 0. The van der Waals surface area contributed by atoms with E-state index < -0.39 is 0 Å². The third-order valence-electron chi connectivity index (χ3n) is 2.41. The zero-order chi connectivity index (χ0) is 10.7. The molecule has 0 saturated heterocycles. The van der Waals surface area contributed by atoms with Crippen molar-refractivity contribution in [3.05, 3.63) is 70.2 Å². The van der Waals surface area contributed by atoms with Crippen LogP contribution in [0.5, 0.6) is 0 Å². The summed E-state index contributed by atoms with van der Waals surface area (Å²) >= 11 is 6.09. The molecular weight excluding hydrogens is 263 g/mol. The summed E-state index contributed by atoms with van der Waals surface area (Å²) in [6, 6.07) is 17.2. The molecule has 0 amide bonds. The molecule has 0 fully saturated rings. The van der Waals surface area contributed by atoms with Crippen molar-refractivity contribution in [2.75, 3.05) is 0 Å². The first-order valence-corrected chi connectivity index (χ1v) is 5.33. The number of hydrogen-bond donors (Lipinski definition) is 0. The van der Waals surface area contributed by atoms with Gasteiger partial charge >= 0.3 is 23.1 Å². The zero-order valence-electron chi connectivity index (χ0n) is 9.71. The molecule has 0 bridgehead atoms. The molecule has 84 valence electrons. The van der Waals surface area contributed by atoms with E-state index in [0.717, 1.165) is 17.0 Å². The van der Waals surface area contributed by atoms with Crippen molar-refractivity contribution < 1.29 is 12.4 Å². The Hall–Kier alpha value is -0.214. The van der Waals surface area contributed by atoms with E-state index >= 15 is 0 Å². The minimum absolute atomic E-state index is 0. The molecule has 2 aromatic carbocycles. The molecule has 0 heterocycles. The fraction of sp³-hybridized carbons (Fsp3) is 0.143. The van der Waals surface area contributed by atoms with Crippen molar-refractivity contribution in [3.8, 4) is 0 Å². The monoisotopic (exact) mass is 274 g/mol. The van der Waals surface area contributed by atoms with Crippen LogP contribution in [0.4, 0.5) is 0 Å². The zero-order valence-corrected chi connectivity index (χ0v) is 12.6. The molecule has 3 heteroatoms. The first-order valence-electron chi connectivity index (χ1n) is 4.96. The van der Waals surface area contributed by atoms with E-state index in [4.69, 9.17) is 11.6 Å². The van der Waals surface area contributed by atoms with Gasteiger partial charge in [0.15, 0.2) is 0 Å². The van der Waals surface area contributed by atoms with Gasteiger partial charge in [0.2, 0.25) is 0 Å². The van der Waals surface area contributed by atoms with Crippen LogP contribution in [0.1, 0.15) is 16.7 Å². The van der Waals surface area contributed by atoms with Crippen molar-refractivity contribution >= 4 is 34.7 Å². The Balaban J connectivity index is 0.00000128. The molecule has 0 radical (unpaired) electrons. The fourth-order valence-electron chi connectivity index (χ4n) is 1.51. The standard InChI is InChI=1S/C14H12Cl.ClH.Mg/c1-11-6-8-12(9-7-11)10-13-4-2-3-5-14(13)15;;/h3-9H,10H2,1H3;1H;/q-1;;+2/p-1. The normalized spacial score (nSPS) is 9.06. The van der Waals surface area contributed by atoms with Gasteiger partial charge < -0.3 is 12.4 Å². The first kappa shape index (κ1) is 16.8. The van der Waals surface area contributed by atoms with Crippen LogP contribution in [0.25, 0.3) is 0 Å². The van der Waals surface area contributed by atoms with Gasteiger partial charge in [0, 0.05) is 0 Å². The van der Waals surface area contributed by atoms with Crippen LogP contribution in [0.15, 0.2) is 42.5 Å². The van der Waals surface area contributed by atoms with Crippen molar-refractivity contribution in [2.45, 2.75) is 13.3 Å². The molecular formula is C14H12Cl2Mg. The summed E-state index contributed by atoms with van der Waals surface area (Å²) in [5.74, 6) is 0.